The van der Waals surface area contributed by atoms with Gasteiger partial charge in [-0.1, -0.05) is 42.5 Å². The molecule has 1 aromatic rings. The zero-order valence-corrected chi connectivity index (χ0v) is 13.9. The van der Waals surface area contributed by atoms with Crippen LogP contribution in [-0.2, 0) is 6.42 Å². The van der Waals surface area contributed by atoms with E-state index in [1.54, 1.807) is 0 Å². The first-order chi connectivity index (χ1) is 9.15. The van der Waals surface area contributed by atoms with Gasteiger partial charge in [0.25, 0.3) is 0 Å². The van der Waals surface area contributed by atoms with Gasteiger partial charge in [-0.2, -0.15) is 0 Å². The summed E-state index contributed by atoms with van der Waals surface area (Å²) in [6.45, 7) is 1.12. The van der Waals surface area contributed by atoms with Crippen LogP contribution < -0.4 is 5.32 Å². The van der Waals surface area contributed by atoms with E-state index in [4.69, 9.17) is 23.2 Å². The molecule has 0 unspecified atom stereocenters. The van der Waals surface area contributed by atoms with Crippen molar-refractivity contribution >= 4 is 34.5 Å². The van der Waals surface area contributed by atoms with Crippen LogP contribution in [0.25, 0.3) is 0 Å². The molecule has 0 spiro atoms. The molecule has 108 valence electrons. The number of nitrogens with one attached hydrogen (secondary N) is 1. The number of thiophene rings is 1. The van der Waals surface area contributed by atoms with Gasteiger partial charge in [-0.25, -0.2) is 0 Å². The minimum atomic E-state index is 0.527. The average Bonchev–Trinajstić information content (AvgIpc) is 2.74. The highest BCUT2D eigenvalue weighted by Crippen LogP contribution is 2.44. The van der Waals surface area contributed by atoms with E-state index >= 15 is 0 Å². The summed E-state index contributed by atoms with van der Waals surface area (Å²) in [7, 11) is 2.05. The van der Waals surface area contributed by atoms with Crippen molar-refractivity contribution in [3.63, 3.8) is 0 Å². The van der Waals surface area contributed by atoms with Gasteiger partial charge in [0.05, 0.1) is 8.67 Å². The first-order valence-corrected chi connectivity index (χ1v) is 8.81. The third-order valence-electron chi connectivity index (χ3n) is 4.47. The zero-order valence-electron chi connectivity index (χ0n) is 11.6. The van der Waals surface area contributed by atoms with Crippen LogP contribution in [0.2, 0.25) is 8.67 Å². The van der Waals surface area contributed by atoms with Crippen molar-refractivity contribution in [2.75, 3.05) is 13.6 Å². The standard InChI is InChI=1S/C15H23Cl2NS/c1-18-10-9-15(6-3-2-4-7-15)8-5-12-11-13(16)19-14(12)17/h11,18H,2-10H2,1H3. The van der Waals surface area contributed by atoms with E-state index in [2.05, 4.69) is 5.32 Å². The summed E-state index contributed by atoms with van der Waals surface area (Å²) in [5.74, 6) is 0. The lowest BCUT2D eigenvalue weighted by atomic mass is 9.68. The molecule has 0 radical (unpaired) electrons. The van der Waals surface area contributed by atoms with Gasteiger partial charge in [-0.15, -0.1) is 11.3 Å². The Kier molecular flexibility index (Phi) is 6.01. The van der Waals surface area contributed by atoms with E-state index in [-0.39, 0.29) is 0 Å². The van der Waals surface area contributed by atoms with Crippen LogP contribution >= 0.6 is 34.5 Å². The molecule has 1 saturated carbocycles. The molecule has 1 aromatic heterocycles. The number of rotatable bonds is 6. The zero-order chi connectivity index (χ0) is 13.7. The molecular weight excluding hydrogens is 297 g/mol. The molecule has 0 bridgehead atoms. The van der Waals surface area contributed by atoms with Crippen molar-refractivity contribution in [3.8, 4) is 0 Å². The number of hydrogen-bond donors (Lipinski definition) is 1. The van der Waals surface area contributed by atoms with Gasteiger partial charge in [-0.3, -0.25) is 0 Å². The third kappa shape index (κ3) is 4.35. The lowest BCUT2D eigenvalue weighted by molar-refractivity contribution is 0.158. The first-order valence-electron chi connectivity index (χ1n) is 7.23. The Balaban J connectivity index is 1.97. The summed E-state index contributed by atoms with van der Waals surface area (Å²) in [6, 6.07) is 2.04. The lowest BCUT2D eigenvalue weighted by Crippen LogP contribution is -2.28. The molecule has 19 heavy (non-hydrogen) atoms. The molecule has 1 fully saturated rings. The molecular formula is C15H23Cl2NS. The summed E-state index contributed by atoms with van der Waals surface area (Å²) in [5, 5.41) is 3.31. The van der Waals surface area contributed by atoms with Crippen LogP contribution in [0.3, 0.4) is 0 Å². The summed E-state index contributed by atoms with van der Waals surface area (Å²) >= 11 is 13.8. The number of halogens is 2. The lowest BCUT2D eigenvalue weighted by Gasteiger charge is -2.37. The predicted octanol–water partition coefficient (Wildman–Crippen LogP) is 5.55. The van der Waals surface area contributed by atoms with Crippen molar-refractivity contribution in [2.24, 2.45) is 5.41 Å². The fourth-order valence-corrected chi connectivity index (χ4v) is 4.81. The maximum atomic E-state index is 6.23. The molecule has 0 saturated heterocycles. The average molecular weight is 320 g/mol. The smallest absolute Gasteiger partial charge is 0.0976 e. The van der Waals surface area contributed by atoms with Crippen molar-refractivity contribution in [1.82, 2.24) is 5.32 Å². The molecule has 1 heterocycles. The minimum Gasteiger partial charge on any atom is -0.320 e. The second kappa shape index (κ2) is 7.31. The van der Waals surface area contributed by atoms with E-state index in [1.807, 2.05) is 13.1 Å². The summed E-state index contributed by atoms with van der Waals surface area (Å²) in [6.07, 6.45) is 10.6. The molecule has 0 amide bonds. The van der Waals surface area contributed by atoms with E-state index < -0.39 is 0 Å². The van der Waals surface area contributed by atoms with Crippen molar-refractivity contribution in [3.05, 3.63) is 20.3 Å². The van der Waals surface area contributed by atoms with Gasteiger partial charge in [0.2, 0.25) is 0 Å². The largest absolute Gasteiger partial charge is 0.320 e. The van der Waals surface area contributed by atoms with E-state index in [0.29, 0.717) is 5.41 Å². The van der Waals surface area contributed by atoms with Gasteiger partial charge in [0.15, 0.2) is 0 Å². The Labute approximate surface area is 130 Å². The van der Waals surface area contributed by atoms with Crippen LogP contribution in [0.1, 0.15) is 50.5 Å². The molecule has 2 rings (SSSR count). The second-order valence-electron chi connectivity index (χ2n) is 5.76. The molecule has 0 atom stereocenters. The quantitative estimate of drug-likeness (QED) is 0.725. The molecule has 1 aliphatic carbocycles. The summed E-state index contributed by atoms with van der Waals surface area (Å²) in [5.41, 5.74) is 1.77. The highest BCUT2D eigenvalue weighted by molar-refractivity contribution is 7.20. The van der Waals surface area contributed by atoms with Gasteiger partial charge < -0.3 is 5.32 Å². The number of aryl methyl sites for hydroxylation is 1. The van der Waals surface area contributed by atoms with Crippen LogP contribution in [0.15, 0.2) is 6.07 Å². The fraction of sp³-hybridized carbons (Fsp3) is 0.733. The van der Waals surface area contributed by atoms with Crippen molar-refractivity contribution in [1.29, 1.82) is 0 Å². The molecule has 1 N–H and O–H groups in total. The molecule has 1 aliphatic rings. The Bertz CT molecular complexity index is 397. The number of hydrogen-bond acceptors (Lipinski definition) is 2. The SMILES string of the molecule is CNCCC1(CCc2cc(Cl)sc2Cl)CCCCC1. The van der Waals surface area contributed by atoms with Crippen LogP contribution in [0.5, 0.6) is 0 Å². The molecule has 1 nitrogen and oxygen atoms in total. The maximum Gasteiger partial charge on any atom is 0.0976 e. The minimum absolute atomic E-state index is 0.527. The van der Waals surface area contributed by atoms with Gasteiger partial charge in [0.1, 0.15) is 0 Å². The van der Waals surface area contributed by atoms with Gasteiger partial charge >= 0.3 is 0 Å². The second-order valence-corrected chi connectivity index (χ2v) is 8.05. The van der Waals surface area contributed by atoms with Gasteiger partial charge in [-0.05, 0) is 62.7 Å². The van der Waals surface area contributed by atoms with Crippen molar-refractivity contribution in [2.45, 2.75) is 51.4 Å². The van der Waals surface area contributed by atoms with E-state index in [0.717, 1.165) is 21.6 Å². The molecule has 0 aliphatic heterocycles. The Morgan fingerprint density at radius 2 is 1.95 bits per heavy atom. The highest BCUT2D eigenvalue weighted by Gasteiger charge is 2.31. The normalized spacial score (nSPS) is 18.7. The van der Waals surface area contributed by atoms with E-state index in [9.17, 15) is 0 Å². The van der Waals surface area contributed by atoms with Crippen LogP contribution in [-0.4, -0.2) is 13.6 Å². The Morgan fingerprint density at radius 1 is 1.21 bits per heavy atom. The molecule has 0 aromatic carbocycles. The summed E-state index contributed by atoms with van der Waals surface area (Å²) < 4.78 is 1.69. The van der Waals surface area contributed by atoms with E-state index in [1.165, 1.54) is 61.8 Å². The first kappa shape index (κ1) is 15.6. The predicted molar refractivity (Wildman–Crippen MR) is 86.7 cm³/mol. The topological polar surface area (TPSA) is 12.0 Å². The maximum absolute atomic E-state index is 6.23. The summed E-state index contributed by atoms with van der Waals surface area (Å²) in [4.78, 5) is 0. The fourth-order valence-electron chi connectivity index (χ4n) is 3.26. The highest BCUT2D eigenvalue weighted by atomic mass is 35.5. The Hall–Kier alpha value is 0.240. The Morgan fingerprint density at radius 3 is 2.53 bits per heavy atom. The van der Waals surface area contributed by atoms with Crippen LogP contribution in [0, 0.1) is 5.41 Å². The monoisotopic (exact) mass is 319 g/mol. The third-order valence-corrected chi connectivity index (χ3v) is 6.04. The van der Waals surface area contributed by atoms with Crippen LogP contribution in [0.4, 0.5) is 0 Å². The van der Waals surface area contributed by atoms with Gasteiger partial charge in [0, 0.05) is 0 Å². The van der Waals surface area contributed by atoms with Crippen molar-refractivity contribution < 1.29 is 0 Å². The molecule has 4 heteroatoms.